The van der Waals surface area contributed by atoms with E-state index in [9.17, 15) is 9.18 Å². The largest absolute Gasteiger partial charge is 0.493 e. The standard InChI is InChI=1S/C23H26FN3O4/c1-5-27(14-16-7-9-19(29-3)20(12-16)30-4)22(28)11-10-21-25-23(26-31-21)17-8-6-15(2)18(24)13-17/h6-9,12-13H,5,10-11,14H2,1-4H3. The lowest BCUT2D eigenvalue weighted by Crippen LogP contribution is -2.30. The van der Waals surface area contributed by atoms with Gasteiger partial charge in [0.2, 0.25) is 17.6 Å². The second kappa shape index (κ2) is 10.1. The van der Waals surface area contributed by atoms with Crippen LogP contribution in [0.15, 0.2) is 40.9 Å². The van der Waals surface area contributed by atoms with Crippen LogP contribution in [0.5, 0.6) is 11.5 Å². The molecule has 164 valence electrons. The van der Waals surface area contributed by atoms with Crippen LogP contribution in [0.25, 0.3) is 11.4 Å². The fourth-order valence-electron chi connectivity index (χ4n) is 3.15. The average molecular weight is 427 g/mol. The molecule has 7 nitrogen and oxygen atoms in total. The quantitative estimate of drug-likeness (QED) is 0.510. The molecule has 0 spiro atoms. The summed E-state index contributed by atoms with van der Waals surface area (Å²) in [6.07, 6.45) is 0.535. The van der Waals surface area contributed by atoms with E-state index in [0.29, 0.717) is 53.9 Å². The lowest BCUT2D eigenvalue weighted by atomic mass is 10.1. The maximum absolute atomic E-state index is 13.8. The van der Waals surface area contributed by atoms with Crippen molar-refractivity contribution >= 4 is 5.91 Å². The van der Waals surface area contributed by atoms with Crippen molar-refractivity contribution in [1.82, 2.24) is 15.0 Å². The van der Waals surface area contributed by atoms with Crippen molar-refractivity contribution in [2.24, 2.45) is 0 Å². The lowest BCUT2D eigenvalue weighted by Gasteiger charge is -2.21. The molecule has 1 heterocycles. The Balaban J connectivity index is 1.61. The predicted molar refractivity (Wildman–Crippen MR) is 113 cm³/mol. The number of nitrogens with zero attached hydrogens (tertiary/aromatic N) is 3. The maximum atomic E-state index is 13.8. The van der Waals surface area contributed by atoms with Crippen LogP contribution in [0.4, 0.5) is 4.39 Å². The van der Waals surface area contributed by atoms with Gasteiger partial charge in [0.1, 0.15) is 5.82 Å². The number of carbonyl (C=O) groups is 1. The van der Waals surface area contributed by atoms with Gasteiger partial charge in [-0.2, -0.15) is 4.98 Å². The minimum atomic E-state index is -0.326. The van der Waals surface area contributed by atoms with Crippen LogP contribution in [0.2, 0.25) is 0 Å². The zero-order chi connectivity index (χ0) is 22.4. The Morgan fingerprint density at radius 2 is 1.90 bits per heavy atom. The molecule has 0 aliphatic heterocycles. The van der Waals surface area contributed by atoms with Gasteiger partial charge in [-0.15, -0.1) is 0 Å². The third-order valence-corrected chi connectivity index (χ3v) is 5.01. The van der Waals surface area contributed by atoms with Crippen LogP contribution in [-0.2, 0) is 17.8 Å². The van der Waals surface area contributed by atoms with E-state index in [2.05, 4.69) is 10.1 Å². The maximum Gasteiger partial charge on any atom is 0.227 e. The Labute approximate surface area is 180 Å². The molecule has 8 heteroatoms. The smallest absolute Gasteiger partial charge is 0.227 e. The van der Waals surface area contributed by atoms with Crippen molar-refractivity contribution in [1.29, 1.82) is 0 Å². The number of hydrogen-bond donors (Lipinski definition) is 0. The van der Waals surface area contributed by atoms with Crippen molar-refractivity contribution in [2.75, 3.05) is 20.8 Å². The molecule has 3 aromatic rings. The zero-order valence-corrected chi connectivity index (χ0v) is 18.1. The van der Waals surface area contributed by atoms with E-state index in [1.165, 1.54) is 6.07 Å². The van der Waals surface area contributed by atoms with Gasteiger partial charge in [0.15, 0.2) is 11.5 Å². The van der Waals surface area contributed by atoms with Gasteiger partial charge >= 0.3 is 0 Å². The SMILES string of the molecule is CCN(Cc1ccc(OC)c(OC)c1)C(=O)CCc1nc(-c2ccc(C)c(F)c2)no1. The van der Waals surface area contributed by atoms with E-state index in [1.54, 1.807) is 38.2 Å². The Morgan fingerprint density at radius 1 is 1.13 bits per heavy atom. The van der Waals surface area contributed by atoms with E-state index in [-0.39, 0.29) is 18.1 Å². The average Bonchev–Trinajstić information content (AvgIpc) is 3.26. The van der Waals surface area contributed by atoms with E-state index in [0.717, 1.165) is 5.56 Å². The minimum absolute atomic E-state index is 0.0292. The number of methoxy groups -OCH3 is 2. The third-order valence-electron chi connectivity index (χ3n) is 5.01. The molecular weight excluding hydrogens is 401 g/mol. The first-order valence-corrected chi connectivity index (χ1v) is 10.0. The predicted octanol–water partition coefficient (Wildman–Crippen LogP) is 4.18. The number of halogens is 1. The first kappa shape index (κ1) is 22.3. The number of benzene rings is 2. The Bertz CT molecular complexity index is 1050. The van der Waals surface area contributed by atoms with Gasteiger partial charge in [-0.25, -0.2) is 4.39 Å². The molecule has 0 saturated carbocycles. The highest BCUT2D eigenvalue weighted by Crippen LogP contribution is 2.28. The first-order chi connectivity index (χ1) is 14.9. The fraction of sp³-hybridized carbons (Fsp3) is 0.348. The number of carbonyl (C=O) groups excluding carboxylic acids is 1. The summed E-state index contributed by atoms with van der Waals surface area (Å²) in [5, 5.41) is 3.90. The van der Waals surface area contributed by atoms with Gasteiger partial charge < -0.3 is 18.9 Å². The van der Waals surface area contributed by atoms with Crippen LogP contribution in [0, 0.1) is 12.7 Å². The van der Waals surface area contributed by atoms with Gasteiger partial charge in [0.05, 0.1) is 14.2 Å². The van der Waals surface area contributed by atoms with E-state index in [4.69, 9.17) is 14.0 Å². The van der Waals surface area contributed by atoms with E-state index < -0.39 is 0 Å². The van der Waals surface area contributed by atoms with Crippen LogP contribution in [-0.4, -0.2) is 41.7 Å². The number of aromatic nitrogens is 2. The highest BCUT2D eigenvalue weighted by atomic mass is 19.1. The summed E-state index contributed by atoms with van der Waals surface area (Å²) >= 11 is 0. The van der Waals surface area contributed by atoms with Crippen LogP contribution < -0.4 is 9.47 Å². The summed E-state index contributed by atoms with van der Waals surface area (Å²) in [6, 6.07) is 10.4. The fourth-order valence-corrected chi connectivity index (χ4v) is 3.15. The summed E-state index contributed by atoms with van der Waals surface area (Å²) in [5.74, 6) is 1.55. The topological polar surface area (TPSA) is 77.7 Å². The molecule has 1 aromatic heterocycles. The molecule has 0 aliphatic rings. The number of rotatable bonds is 9. The van der Waals surface area contributed by atoms with Gasteiger partial charge in [-0.1, -0.05) is 23.4 Å². The molecule has 0 aliphatic carbocycles. The minimum Gasteiger partial charge on any atom is -0.493 e. The summed E-state index contributed by atoms with van der Waals surface area (Å²) in [7, 11) is 3.16. The highest BCUT2D eigenvalue weighted by Gasteiger charge is 2.16. The summed E-state index contributed by atoms with van der Waals surface area (Å²) in [6.45, 7) is 4.63. The van der Waals surface area contributed by atoms with Crippen molar-refractivity contribution in [3.8, 4) is 22.9 Å². The monoisotopic (exact) mass is 427 g/mol. The third kappa shape index (κ3) is 5.39. The van der Waals surface area contributed by atoms with E-state index >= 15 is 0 Å². The normalized spacial score (nSPS) is 10.7. The Hall–Kier alpha value is -3.42. The summed E-state index contributed by atoms with van der Waals surface area (Å²) in [5.41, 5.74) is 2.02. The van der Waals surface area contributed by atoms with Crippen LogP contribution in [0.1, 0.15) is 30.4 Å². The molecule has 2 aromatic carbocycles. The molecule has 0 atom stereocenters. The molecule has 1 amide bonds. The number of amides is 1. The number of ether oxygens (including phenoxy) is 2. The molecule has 0 bridgehead atoms. The molecule has 0 N–H and O–H groups in total. The molecular formula is C23H26FN3O4. The van der Waals surface area contributed by atoms with Crippen molar-refractivity contribution in [2.45, 2.75) is 33.2 Å². The van der Waals surface area contributed by atoms with Crippen LogP contribution in [0.3, 0.4) is 0 Å². The highest BCUT2D eigenvalue weighted by molar-refractivity contribution is 5.76. The van der Waals surface area contributed by atoms with Gasteiger partial charge in [-0.3, -0.25) is 4.79 Å². The summed E-state index contributed by atoms with van der Waals surface area (Å²) < 4.78 is 29.6. The lowest BCUT2D eigenvalue weighted by molar-refractivity contribution is -0.131. The Kier molecular flexibility index (Phi) is 7.23. The number of hydrogen-bond acceptors (Lipinski definition) is 6. The summed E-state index contributed by atoms with van der Waals surface area (Å²) in [4.78, 5) is 18.8. The zero-order valence-electron chi connectivity index (χ0n) is 18.1. The first-order valence-electron chi connectivity index (χ1n) is 10.0. The van der Waals surface area contributed by atoms with Gasteiger partial charge in [0.25, 0.3) is 0 Å². The Morgan fingerprint density at radius 3 is 2.58 bits per heavy atom. The second-order valence-electron chi connectivity index (χ2n) is 7.07. The molecule has 0 radical (unpaired) electrons. The van der Waals surface area contributed by atoms with Crippen molar-refractivity contribution in [3.05, 3.63) is 59.2 Å². The molecule has 0 unspecified atom stereocenters. The van der Waals surface area contributed by atoms with Gasteiger partial charge in [0, 0.05) is 31.5 Å². The van der Waals surface area contributed by atoms with Crippen LogP contribution >= 0.6 is 0 Å². The molecule has 31 heavy (non-hydrogen) atoms. The molecule has 0 fully saturated rings. The van der Waals surface area contributed by atoms with E-state index in [1.807, 2.05) is 25.1 Å². The van der Waals surface area contributed by atoms with Crippen molar-refractivity contribution < 1.29 is 23.2 Å². The number of aryl methyl sites for hydroxylation is 2. The van der Waals surface area contributed by atoms with Gasteiger partial charge in [-0.05, 0) is 43.2 Å². The molecule has 0 saturated heterocycles. The second-order valence-corrected chi connectivity index (χ2v) is 7.07. The molecule has 3 rings (SSSR count). The van der Waals surface area contributed by atoms with Crippen molar-refractivity contribution in [3.63, 3.8) is 0 Å².